The summed E-state index contributed by atoms with van der Waals surface area (Å²) in [5.74, 6) is 1.47. The van der Waals surface area contributed by atoms with E-state index in [0.717, 1.165) is 58.5 Å². The van der Waals surface area contributed by atoms with Gasteiger partial charge in [-0.05, 0) is 24.3 Å². The molecule has 0 unspecified atom stereocenters. The molecule has 8 heteroatoms. The van der Waals surface area contributed by atoms with E-state index in [9.17, 15) is 0 Å². The fraction of sp³-hybridized carbons (Fsp3) is 0.227. The predicted octanol–water partition coefficient (Wildman–Crippen LogP) is 3.70. The second kappa shape index (κ2) is 7.93. The van der Waals surface area contributed by atoms with Crippen LogP contribution in [0, 0.1) is 0 Å². The zero-order valence-corrected chi connectivity index (χ0v) is 17.2. The van der Waals surface area contributed by atoms with Gasteiger partial charge in [0.25, 0.3) is 0 Å². The maximum absolute atomic E-state index is 6.48. The van der Waals surface area contributed by atoms with Gasteiger partial charge < -0.3 is 4.74 Å². The number of benzene rings is 1. The predicted molar refractivity (Wildman–Crippen MR) is 114 cm³/mol. The fourth-order valence-electron chi connectivity index (χ4n) is 3.72. The number of nitrogens with zero attached hydrogens (tertiary/aromatic N) is 6. The zero-order chi connectivity index (χ0) is 20.5. The summed E-state index contributed by atoms with van der Waals surface area (Å²) in [6, 6.07) is 7.89. The van der Waals surface area contributed by atoms with Crippen LogP contribution in [0.15, 0.2) is 49.2 Å². The molecule has 1 aliphatic rings. The first kappa shape index (κ1) is 18.8. The number of aromatic nitrogens is 5. The first-order chi connectivity index (χ1) is 14.7. The highest BCUT2D eigenvalue weighted by Crippen LogP contribution is 2.27. The highest BCUT2D eigenvalue weighted by Gasteiger charge is 2.20. The van der Waals surface area contributed by atoms with E-state index in [1.165, 1.54) is 6.33 Å². The molecule has 0 fully saturated rings. The molecule has 30 heavy (non-hydrogen) atoms. The van der Waals surface area contributed by atoms with Crippen LogP contribution in [0.3, 0.4) is 0 Å². The van der Waals surface area contributed by atoms with Crippen LogP contribution in [0.5, 0.6) is 5.75 Å². The van der Waals surface area contributed by atoms with Crippen molar-refractivity contribution >= 4 is 22.5 Å². The molecule has 0 amide bonds. The molecule has 1 aromatic carbocycles. The molecule has 4 aromatic rings. The molecule has 0 bridgehead atoms. The van der Waals surface area contributed by atoms with Crippen LogP contribution in [0.2, 0.25) is 5.15 Å². The van der Waals surface area contributed by atoms with Crippen molar-refractivity contribution in [3.05, 3.63) is 71.2 Å². The second-order valence-corrected chi connectivity index (χ2v) is 7.61. The molecule has 0 aliphatic carbocycles. The van der Waals surface area contributed by atoms with E-state index >= 15 is 0 Å². The summed E-state index contributed by atoms with van der Waals surface area (Å²) in [7, 11) is 1.66. The molecule has 0 spiro atoms. The van der Waals surface area contributed by atoms with Gasteiger partial charge in [0.1, 0.15) is 17.2 Å². The van der Waals surface area contributed by atoms with Crippen LogP contribution < -0.4 is 4.74 Å². The summed E-state index contributed by atoms with van der Waals surface area (Å²) >= 11 is 6.48. The first-order valence-electron chi connectivity index (χ1n) is 9.65. The highest BCUT2D eigenvalue weighted by molar-refractivity contribution is 6.30. The quantitative estimate of drug-likeness (QED) is 0.467. The maximum Gasteiger partial charge on any atom is 0.162 e. The minimum Gasteiger partial charge on any atom is -0.497 e. The number of fused-ring (bicyclic) bond motifs is 2. The number of rotatable bonds is 4. The van der Waals surface area contributed by atoms with E-state index in [-0.39, 0.29) is 0 Å². The largest absolute Gasteiger partial charge is 0.497 e. The van der Waals surface area contributed by atoms with Crippen molar-refractivity contribution in [1.82, 2.24) is 29.8 Å². The molecule has 0 saturated carbocycles. The Morgan fingerprint density at radius 2 is 1.97 bits per heavy atom. The van der Waals surface area contributed by atoms with E-state index in [2.05, 4.69) is 30.9 Å². The molecule has 150 valence electrons. The van der Waals surface area contributed by atoms with Gasteiger partial charge in [-0.3, -0.25) is 4.90 Å². The van der Waals surface area contributed by atoms with Crippen molar-refractivity contribution in [2.24, 2.45) is 0 Å². The SMILES string of the molecule is COc1ccc2nc(Cl)c(CN3CCc4nc(-c5cncnc5)ncc4C3)cc2c1. The number of hydrogen-bond acceptors (Lipinski definition) is 7. The third kappa shape index (κ3) is 3.69. The lowest BCUT2D eigenvalue weighted by Crippen LogP contribution is -2.31. The molecule has 1 aliphatic heterocycles. The van der Waals surface area contributed by atoms with Gasteiger partial charge in [-0.1, -0.05) is 11.6 Å². The average Bonchev–Trinajstić information content (AvgIpc) is 2.79. The van der Waals surface area contributed by atoms with E-state index < -0.39 is 0 Å². The maximum atomic E-state index is 6.48. The third-order valence-electron chi connectivity index (χ3n) is 5.27. The molecule has 0 atom stereocenters. The van der Waals surface area contributed by atoms with Crippen LogP contribution in [0.4, 0.5) is 0 Å². The Bertz CT molecular complexity index is 1220. The van der Waals surface area contributed by atoms with Crippen LogP contribution >= 0.6 is 11.6 Å². The minimum atomic E-state index is 0.536. The number of pyridine rings is 1. The highest BCUT2D eigenvalue weighted by atomic mass is 35.5. The Labute approximate surface area is 178 Å². The van der Waals surface area contributed by atoms with Gasteiger partial charge >= 0.3 is 0 Å². The zero-order valence-electron chi connectivity index (χ0n) is 16.4. The van der Waals surface area contributed by atoms with Crippen molar-refractivity contribution in [2.75, 3.05) is 13.7 Å². The monoisotopic (exact) mass is 418 g/mol. The molecular formula is C22H19ClN6O. The van der Waals surface area contributed by atoms with Crippen molar-refractivity contribution in [3.8, 4) is 17.1 Å². The number of ether oxygens (including phenoxy) is 1. The number of methoxy groups -OCH3 is 1. The van der Waals surface area contributed by atoms with Crippen molar-refractivity contribution in [1.29, 1.82) is 0 Å². The van der Waals surface area contributed by atoms with Crippen LogP contribution in [0.25, 0.3) is 22.3 Å². The van der Waals surface area contributed by atoms with Crippen LogP contribution in [0.1, 0.15) is 16.8 Å². The van der Waals surface area contributed by atoms with Crippen molar-refractivity contribution in [2.45, 2.75) is 19.5 Å². The standard InChI is InChI=1S/C22H19ClN6O/c1-30-18-2-3-19-14(7-18)6-15(21(23)27-19)11-29-5-4-20-17(12-29)10-26-22(28-20)16-8-24-13-25-9-16/h2-3,6-10,13H,4-5,11-12H2,1H3. The molecule has 3 aromatic heterocycles. The summed E-state index contributed by atoms with van der Waals surface area (Å²) in [4.78, 5) is 24.2. The summed E-state index contributed by atoms with van der Waals surface area (Å²) in [6.07, 6.45) is 7.72. The Kier molecular flexibility index (Phi) is 4.98. The fourth-order valence-corrected chi connectivity index (χ4v) is 3.92. The minimum absolute atomic E-state index is 0.536. The molecule has 5 rings (SSSR count). The van der Waals surface area contributed by atoms with Crippen molar-refractivity contribution in [3.63, 3.8) is 0 Å². The third-order valence-corrected chi connectivity index (χ3v) is 5.60. The lowest BCUT2D eigenvalue weighted by Gasteiger charge is -2.28. The van der Waals surface area contributed by atoms with Gasteiger partial charge in [0.05, 0.1) is 23.9 Å². The number of halogens is 1. The molecular weight excluding hydrogens is 400 g/mol. The Morgan fingerprint density at radius 3 is 2.80 bits per heavy atom. The summed E-state index contributed by atoms with van der Waals surface area (Å²) in [5.41, 5.74) is 4.90. The topological polar surface area (TPSA) is 76.9 Å². The molecule has 7 nitrogen and oxygen atoms in total. The van der Waals surface area contributed by atoms with Gasteiger partial charge in [-0.25, -0.2) is 24.9 Å². The summed E-state index contributed by atoms with van der Waals surface area (Å²) in [5, 5.41) is 1.55. The van der Waals surface area contributed by atoms with Crippen LogP contribution in [-0.2, 0) is 19.5 Å². The molecule has 0 N–H and O–H groups in total. The smallest absolute Gasteiger partial charge is 0.162 e. The summed E-state index contributed by atoms with van der Waals surface area (Å²) in [6.45, 7) is 2.38. The van der Waals surface area contributed by atoms with Crippen LogP contribution in [-0.4, -0.2) is 43.5 Å². The van der Waals surface area contributed by atoms with Crippen molar-refractivity contribution < 1.29 is 4.74 Å². The normalized spacial score (nSPS) is 13.9. The molecule has 4 heterocycles. The lowest BCUT2D eigenvalue weighted by molar-refractivity contribution is 0.243. The Balaban J connectivity index is 1.37. The average molecular weight is 419 g/mol. The van der Waals surface area contributed by atoms with E-state index in [0.29, 0.717) is 17.5 Å². The van der Waals surface area contributed by atoms with Gasteiger partial charge in [-0.2, -0.15) is 0 Å². The molecule has 0 radical (unpaired) electrons. The Hall–Kier alpha value is -3.16. The molecule has 0 saturated heterocycles. The van der Waals surface area contributed by atoms with E-state index in [4.69, 9.17) is 21.3 Å². The van der Waals surface area contributed by atoms with Gasteiger partial charge in [0.15, 0.2) is 5.82 Å². The lowest BCUT2D eigenvalue weighted by atomic mass is 10.1. The number of hydrogen-bond donors (Lipinski definition) is 0. The van der Waals surface area contributed by atoms with Gasteiger partial charge in [0, 0.05) is 61.2 Å². The Morgan fingerprint density at radius 1 is 1.10 bits per heavy atom. The second-order valence-electron chi connectivity index (χ2n) is 7.25. The van der Waals surface area contributed by atoms with Gasteiger partial charge in [0.2, 0.25) is 0 Å². The van der Waals surface area contributed by atoms with E-state index in [1.807, 2.05) is 24.4 Å². The first-order valence-corrected chi connectivity index (χ1v) is 10.0. The van der Waals surface area contributed by atoms with Gasteiger partial charge in [-0.15, -0.1) is 0 Å². The van der Waals surface area contributed by atoms with E-state index in [1.54, 1.807) is 19.5 Å². The summed E-state index contributed by atoms with van der Waals surface area (Å²) < 4.78 is 5.33.